The molecule has 3 rings (SSSR count). The van der Waals surface area contributed by atoms with Gasteiger partial charge in [0.05, 0.1) is 6.10 Å². The van der Waals surface area contributed by atoms with Gasteiger partial charge < -0.3 is 19.9 Å². The van der Waals surface area contributed by atoms with Crippen molar-refractivity contribution >= 4 is 11.9 Å². The van der Waals surface area contributed by atoms with E-state index < -0.39 is 5.97 Å². The molecule has 0 aliphatic heterocycles. The van der Waals surface area contributed by atoms with Gasteiger partial charge in [-0.05, 0) is 67.5 Å². The smallest absolute Gasteiger partial charge is 0.341 e. The molecule has 2 aromatic rings. The average molecular weight is 397 g/mol. The summed E-state index contributed by atoms with van der Waals surface area (Å²) >= 11 is 0. The lowest BCUT2D eigenvalue weighted by molar-refractivity contribution is -0.139. The van der Waals surface area contributed by atoms with E-state index in [4.69, 9.17) is 14.6 Å². The van der Waals surface area contributed by atoms with E-state index in [1.807, 2.05) is 30.3 Å². The fourth-order valence-corrected chi connectivity index (χ4v) is 3.41. The Bertz CT molecular complexity index is 830. The summed E-state index contributed by atoms with van der Waals surface area (Å²) in [5, 5.41) is 11.6. The summed E-state index contributed by atoms with van der Waals surface area (Å²) in [5.74, 6) is 0.289. The number of carbonyl (C=O) groups is 2. The number of ether oxygens (including phenoxy) is 2. The summed E-state index contributed by atoms with van der Waals surface area (Å²) in [6.45, 7) is -0.0206. The highest BCUT2D eigenvalue weighted by Gasteiger charge is 2.16. The second-order valence-corrected chi connectivity index (χ2v) is 7.28. The third-order valence-electron chi connectivity index (χ3n) is 4.89. The number of carbonyl (C=O) groups excluding carboxylic acids is 1. The maximum absolute atomic E-state index is 12.2. The molecule has 1 amide bonds. The van der Waals surface area contributed by atoms with Crippen molar-refractivity contribution in [1.82, 2.24) is 5.32 Å². The van der Waals surface area contributed by atoms with Gasteiger partial charge in [-0.1, -0.05) is 24.3 Å². The lowest BCUT2D eigenvalue weighted by Gasteiger charge is -2.14. The minimum Gasteiger partial charge on any atom is -0.490 e. The highest BCUT2D eigenvalue weighted by Crippen LogP contribution is 2.24. The number of nitrogens with one attached hydrogen (secondary N) is 1. The maximum Gasteiger partial charge on any atom is 0.341 e. The highest BCUT2D eigenvalue weighted by molar-refractivity contribution is 5.76. The van der Waals surface area contributed by atoms with E-state index in [2.05, 4.69) is 5.32 Å². The molecule has 29 heavy (non-hydrogen) atoms. The Morgan fingerprint density at radius 2 is 1.69 bits per heavy atom. The molecule has 0 spiro atoms. The van der Waals surface area contributed by atoms with Crippen molar-refractivity contribution in [1.29, 1.82) is 0 Å². The van der Waals surface area contributed by atoms with E-state index in [0.717, 1.165) is 29.7 Å². The molecule has 0 radical (unpaired) electrons. The van der Waals surface area contributed by atoms with Gasteiger partial charge >= 0.3 is 5.97 Å². The Morgan fingerprint density at radius 1 is 1.00 bits per heavy atom. The Morgan fingerprint density at radius 3 is 2.45 bits per heavy atom. The van der Waals surface area contributed by atoms with Crippen LogP contribution in [0, 0.1) is 0 Å². The predicted molar refractivity (Wildman–Crippen MR) is 109 cm³/mol. The lowest BCUT2D eigenvalue weighted by Crippen LogP contribution is -2.23. The van der Waals surface area contributed by atoms with Gasteiger partial charge in [-0.2, -0.15) is 0 Å². The van der Waals surface area contributed by atoms with Crippen LogP contribution in [0.4, 0.5) is 0 Å². The number of aliphatic carboxylic acids is 1. The molecule has 6 nitrogen and oxygen atoms in total. The molecule has 2 N–H and O–H groups in total. The zero-order valence-electron chi connectivity index (χ0n) is 16.4. The number of rotatable bonds is 10. The first-order chi connectivity index (χ1) is 14.1. The third kappa shape index (κ3) is 7.14. The molecule has 0 saturated heterocycles. The summed E-state index contributed by atoms with van der Waals surface area (Å²) < 4.78 is 11.2. The summed E-state index contributed by atoms with van der Waals surface area (Å²) in [6, 6.07) is 15.0. The molecule has 1 saturated carbocycles. The molecule has 0 unspecified atom stereocenters. The molecular weight excluding hydrogens is 370 g/mol. The summed E-state index contributed by atoms with van der Waals surface area (Å²) in [6.07, 6.45) is 6.07. The van der Waals surface area contributed by atoms with Crippen LogP contribution in [0.3, 0.4) is 0 Å². The predicted octanol–water partition coefficient (Wildman–Crippen LogP) is 3.72. The van der Waals surface area contributed by atoms with Crippen LogP contribution in [-0.2, 0) is 22.6 Å². The number of aryl methyl sites for hydroxylation is 1. The topological polar surface area (TPSA) is 84.9 Å². The monoisotopic (exact) mass is 397 g/mol. The maximum atomic E-state index is 12.2. The van der Waals surface area contributed by atoms with Gasteiger partial charge in [0.25, 0.3) is 0 Å². The van der Waals surface area contributed by atoms with Gasteiger partial charge in [0.1, 0.15) is 11.5 Å². The average Bonchev–Trinajstić information content (AvgIpc) is 3.23. The summed E-state index contributed by atoms with van der Waals surface area (Å²) in [7, 11) is 0. The number of hydrogen-bond acceptors (Lipinski definition) is 4. The van der Waals surface area contributed by atoms with Crippen LogP contribution in [0.5, 0.6) is 11.5 Å². The summed E-state index contributed by atoms with van der Waals surface area (Å²) in [4.78, 5) is 22.8. The van der Waals surface area contributed by atoms with Crippen LogP contribution in [0.2, 0.25) is 0 Å². The van der Waals surface area contributed by atoms with Crippen molar-refractivity contribution in [3.05, 3.63) is 59.7 Å². The van der Waals surface area contributed by atoms with Gasteiger partial charge in [0, 0.05) is 13.0 Å². The molecule has 0 heterocycles. The Hall–Kier alpha value is -3.02. The zero-order valence-corrected chi connectivity index (χ0v) is 16.4. The number of carboxylic acids is 1. The molecule has 2 aromatic carbocycles. The van der Waals surface area contributed by atoms with Gasteiger partial charge in [-0.15, -0.1) is 0 Å². The van der Waals surface area contributed by atoms with E-state index in [-0.39, 0.29) is 12.5 Å². The molecule has 0 bridgehead atoms. The quantitative estimate of drug-likeness (QED) is 0.638. The molecular formula is C23H27NO5. The van der Waals surface area contributed by atoms with E-state index >= 15 is 0 Å². The standard InChI is InChI=1S/C23H27NO5/c25-22(24-15-18-6-4-9-20(14-18)28-16-23(26)27)12-11-17-5-3-10-21(13-17)29-19-7-1-2-8-19/h3-6,9-10,13-14,19H,1-2,7-8,11-12,15-16H2,(H,24,25)(H,26,27). The number of hydrogen-bond donors (Lipinski definition) is 2. The minimum atomic E-state index is -1.03. The van der Waals surface area contributed by atoms with E-state index in [0.29, 0.717) is 31.2 Å². The van der Waals surface area contributed by atoms with Crippen LogP contribution in [0.1, 0.15) is 43.2 Å². The van der Waals surface area contributed by atoms with Crippen molar-refractivity contribution in [3.63, 3.8) is 0 Å². The summed E-state index contributed by atoms with van der Waals surface area (Å²) in [5.41, 5.74) is 1.94. The van der Waals surface area contributed by atoms with Crippen LogP contribution < -0.4 is 14.8 Å². The molecule has 1 aliphatic carbocycles. The fourth-order valence-electron chi connectivity index (χ4n) is 3.41. The van der Waals surface area contributed by atoms with Crippen LogP contribution in [0.15, 0.2) is 48.5 Å². The minimum absolute atomic E-state index is 0.0380. The molecule has 6 heteroatoms. The highest BCUT2D eigenvalue weighted by atomic mass is 16.5. The number of benzene rings is 2. The SMILES string of the molecule is O=C(O)COc1cccc(CNC(=O)CCc2cccc(OC3CCCC3)c2)c1. The normalized spacial score (nSPS) is 13.8. The number of carboxylic acid groups (broad SMARTS) is 1. The molecule has 0 aromatic heterocycles. The van der Waals surface area contributed by atoms with Crippen LogP contribution >= 0.6 is 0 Å². The van der Waals surface area contributed by atoms with Crippen molar-refractivity contribution in [2.24, 2.45) is 0 Å². The van der Waals surface area contributed by atoms with Gasteiger partial charge in [0.2, 0.25) is 5.91 Å². The van der Waals surface area contributed by atoms with Crippen molar-refractivity contribution in [2.45, 2.75) is 51.2 Å². The Kier molecular flexibility index (Phi) is 7.50. The largest absolute Gasteiger partial charge is 0.490 e. The van der Waals surface area contributed by atoms with E-state index in [1.54, 1.807) is 18.2 Å². The van der Waals surface area contributed by atoms with E-state index in [9.17, 15) is 9.59 Å². The molecule has 154 valence electrons. The molecule has 1 aliphatic rings. The van der Waals surface area contributed by atoms with Gasteiger partial charge in [-0.3, -0.25) is 4.79 Å². The fraction of sp³-hybridized carbons (Fsp3) is 0.391. The van der Waals surface area contributed by atoms with Crippen molar-refractivity contribution in [3.8, 4) is 11.5 Å². The second-order valence-electron chi connectivity index (χ2n) is 7.28. The third-order valence-corrected chi connectivity index (χ3v) is 4.89. The van der Waals surface area contributed by atoms with E-state index in [1.165, 1.54) is 12.8 Å². The molecule has 1 fully saturated rings. The first kappa shape index (κ1) is 20.7. The van der Waals surface area contributed by atoms with Crippen LogP contribution in [0.25, 0.3) is 0 Å². The first-order valence-electron chi connectivity index (χ1n) is 10.0. The lowest BCUT2D eigenvalue weighted by atomic mass is 10.1. The Balaban J connectivity index is 1.43. The Labute approximate surface area is 170 Å². The van der Waals surface area contributed by atoms with Gasteiger partial charge in [0.15, 0.2) is 6.61 Å². The molecule has 0 atom stereocenters. The van der Waals surface area contributed by atoms with Crippen molar-refractivity contribution < 1.29 is 24.2 Å². The van der Waals surface area contributed by atoms with Crippen LogP contribution in [-0.4, -0.2) is 29.7 Å². The number of amides is 1. The zero-order chi connectivity index (χ0) is 20.5. The second kappa shape index (κ2) is 10.5. The van der Waals surface area contributed by atoms with Gasteiger partial charge in [-0.25, -0.2) is 4.79 Å². The van der Waals surface area contributed by atoms with Crippen molar-refractivity contribution in [2.75, 3.05) is 6.61 Å². The first-order valence-corrected chi connectivity index (χ1v) is 10.0.